The highest BCUT2D eigenvalue weighted by Crippen LogP contribution is 2.25. The lowest BCUT2D eigenvalue weighted by atomic mass is 10.1. The molecule has 2 nitrogen and oxygen atoms in total. The molecule has 0 aromatic carbocycles. The maximum atomic E-state index is 3.59. The Balaban J connectivity index is 1.70. The van der Waals surface area contributed by atoms with Crippen molar-refractivity contribution in [1.82, 2.24) is 10.2 Å². The average Bonchev–Trinajstić information content (AvgIpc) is 2.92. The highest BCUT2D eigenvalue weighted by Gasteiger charge is 2.28. The van der Waals surface area contributed by atoms with E-state index in [2.05, 4.69) is 42.4 Å². The summed E-state index contributed by atoms with van der Waals surface area (Å²) in [4.78, 5) is 4.17. The Labute approximate surface area is 115 Å². The van der Waals surface area contributed by atoms with E-state index in [1.54, 1.807) is 0 Å². The minimum absolute atomic E-state index is 0.778. The van der Waals surface area contributed by atoms with Crippen LogP contribution in [0.4, 0.5) is 0 Å². The Morgan fingerprint density at radius 1 is 1.44 bits per heavy atom. The number of hydrogen-bond acceptors (Lipinski definition) is 3. The fourth-order valence-electron chi connectivity index (χ4n) is 2.96. The molecule has 2 rings (SSSR count). The molecule has 1 N–H and O–H groups in total. The predicted molar refractivity (Wildman–Crippen MR) is 80.2 cm³/mol. The monoisotopic (exact) mass is 266 g/mol. The molecule has 0 radical (unpaired) electrons. The second-order valence-corrected chi connectivity index (χ2v) is 6.43. The van der Waals surface area contributed by atoms with Gasteiger partial charge in [-0.15, -0.1) is 11.3 Å². The first-order chi connectivity index (χ1) is 8.72. The fraction of sp³-hybridized carbons (Fsp3) is 0.733. The highest BCUT2D eigenvalue weighted by molar-refractivity contribution is 7.10. The molecule has 3 heteroatoms. The first kappa shape index (κ1) is 14.0. The van der Waals surface area contributed by atoms with Crippen molar-refractivity contribution < 1.29 is 0 Å². The van der Waals surface area contributed by atoms with Crippen molar-refractivity contribution in [2.24, 2.45) is 0 Å². The Morgan fingerprint density at radius 3 is 2.94 bits per heavy atom. The fourth-order valence-corrected chi connectivity index (χ4v) is 3.84. The molecule has 0 amide bonds. The summed E-state index contributed by atoms with van der Waals surface area (Å²) in [6.45, 7) is 10.2. The zero-order valence-electron chi connectivity index (χ0n) is 11.9. The molecular formula is C15H26N2S. The zero-order valence-corrected chi connectivity index (χ0v) is 12.7. The predicted octanol–water partition coefficient (Wildman–Crippen LogP) is 3.41. The van der Waals surface area contributed by atoms with E-state index in [1.165, 1.54) is 36.2 Å². The van der Waals surface area contributed by atoms with E-state index in [9.17, 15) is 0 Å². The molecule has 0 aliphatic carbocycles. The largest absolute Gasteiger partial charge is 0.311 e. The van der Waals surface area contributed by atoms with Crippen molar-refractivity contribution in [3.63, 3.8) is 0 Å². The van der Waals surface area contributed by atoms with E-state index in [1.807, 2.05) is 11.3 Å². The van der Waals surface area contributed by atoms with Gasteiger partial charge in [0.1, 0.15) is 0 Å². The molecule has 0 saturated carbocycles. The zero-order chi connectivity index (χ0) is 13.0. The lowest BCUT2D eigenvalue weighted by Crippen LogP contribution is -2.39. The first-order valence-corrected chi connectivity index (χ1v) is 8.09. The van der Waals surface area contributed by atoms with E-state index in [0.29, 0.717) is 0 Å². The van der Waals surface area contributed by atoms with Gasteiger partial charge in [-0.3, -0.25) is 4.90 Å². The van der Waals surface area contributed by atoms with Gasteiger partial charge in [-0.25, -0.2) is 0 Å². The summed E-state index contributed by atoms with van der Waals surface area (Å²) >= 11 is 1.86. The molecule has 2 unspecified atom stereocenters. The van der Waals surface area contributed by atoms with Crippen LogP contribution in [0.2, 0.25) is 0 Å². The first-order valence-electron chi connectivity index (χ1n) is 7.21. The SMILES string of the molecule is CCC1CCC(C)N1CCNCc1sccc1C. The van der Waals surface area contributed by atoms with Crippen LogP contribution in [0.1, 0.15) is 43.6 Å². The van der Waals surface area contributed by atoms with Crippen molar-refractivity contribution in [1.29, 1.82) is 0 Å². The van der Waals surface area contributed by atoms with Crippen LogP contribution in [0.5, 0.6) is 0 Å². The molecule has 1 aromatic heterocycles. The maximum Gasteiger partial charge on any atom is 0.0302 e. The summed E-state index contributed by atoms with van der Waals surface area (Å²) in [6.07, 6.45) is 4.07. The molecule has 1 fully saturated rings. The van der Waals surface area contributed by atoms with Crippen LogP contribution >= 0.6 is 11.3 Å². The third kappa shape index (κ3) is 3.34. The standard InChI is InChI=1S/C15H26N2S/c1-4-14-6-5-13(3)17(14)9-8-16-11-15-12(2)7-10-18-15/h7,10,13-14,16H,4-6,8-9,11H2,1-3H3. The number of rotatable bonds is 6. The van der Waals surface area contributed by atoms with E-state index in [0.717, 1.165) is 25.2 Å². The van der Waals surface area contributed by atoms with Crippen LogP contribution in [-0.2, 0) is 6.54 Å². The number of thiophene rings is 1. The normalized spacial score (nSPS) is 24.8. The lowest BCUT2D eigenvalue weighted by Gasteiger charge is -2.27. The van der Waals surface area contributed by atoms with Crippen molar-refractivity contribution in [2.45, 2.75) is 58.7 Å². The minimum atomic E-state index is 0.778. The smallest absolute Gasteiger partial charge is 0.0302 e. The summed E-state index contributed by atoms with van der Waals surface area (Å²) in [7, 11) is 0. The molecule has 102 valence electrons. The van der Waals surface area contributed by atoms with E-state index < -0.39 is 0 Å². The Hall–Kier alpha value is -0.380. The molecule has 1 aromatic rings. The third-order valence-corrected chi connectivity index (χ3v) is 5.25. The van der Waals surface area contributed by atoms with Gasteiger partial charge >= 0.3 is 0 Å². The molecule has 2 heterocycles. The van der Waals surface area contributed by atoms with E-state index in [-0.39, 0.29) is 0 Å². The topological polar surface area (TPSA) is 15.3 Å². The average molecular weight is 266 g/mol. The van der Waals surface area contributed by atoms with Crippen molar-refractivity contribution >= 4 is 11.3 Å². The summed E-state index contributed by atoms with van der Waals surface area (Å²) in [6, 6.07) is 3.81. The van der Waals surface area contributed by atoms with Gasteiger partial charge in [0.15, 0.2) is 0 Å². The van der Waals surface area contributed by atoms with Crippen LogP contribution in [0.15, 0.2) is 11.4 Å². The van der Waals surface area contributed by atoms with Crippen LogP contribution in [0.3, 0.4) is 0 Å². The number of hydrogen-bond donors (Lipinski definition) is 1. The number of nitrogens with one attached hydrogen (secondary N) is 1. The molecular weight excluding hydrogens is 240 g/mol. The molecule has 1 aliphatic heterocycles. The van der Waals surface area contributed by atoms with Gasteiger partial charge in [0.2, 0.25) is 0 Å². The third-order valence-electron chi connectivity index (χ3n) is 4.22. The van der Waals surface area contributed by atoms with Crippen molar-refractivity contribution in [3.05, 3.63) is 21.9 Å². The summed E-state index contributed by atoms with van der Waals surface area (Å²) < 4.78 is 0. The highest BCUT2D eigenvalue weighted by atomic mass is 32.1. The quantitative estimate of drug-likeness (QED) is 0.794. The number of likely N-dealkylation sites (tertiary alicyclic amines) is 1. The molecule has 18 heavy (non-hydrogen) atoms. The van der Waals surface area contributed by atoms with Gasteiger partial charge in [0, 0.05) is 36.6 Å². The Bertz CT molecular complexity index is 361. The van der Waals surface area contributed by atoms with Gasteiger partial charge in [-0.1, -0.05) is 6.92 Å². The summed E-state index contributed by atoms with van der Waals surface area (Å²) in [5.74, 6) is 0. The Kier molecular flexibility index (Phi) is 5.22. The number of aryl methyl sites for hydroxylation is 1. The summed E-state index contributed by atoms with van der Waals surface area (Å²) in [5, 5.41) is 5.77. The molecule has 0 bridgehead atoms. The molecule has 2 atom stereocenters. The molecule has 0 spiro atoms. The van der Waals surface area contributed by atoms with E-state index in [4.69, 9.17) is 0 Å². The van der Waals surface area contributed by atoms with Crippen LogP contribution in [0.25, 0.3) is 0 Å². The second kappa shape index (κ2) is 6.69. The van der Waals surface area contributed by atoms with Gasteiger partial charge in [0.25, 0.3) is 0 Å². The van der Waals surface area contributed by atoms with Crippen LogP contribution in [0, 0.1) is 6.92 Å². The second-order valence-electron chi connectivity index (χ2n) is 5.43. The van der Waals surface area contributed by atoms with Gasteiger partial charge in [-0.2, -0.15) is 0 Å². The Morgan fingerprint density at radius 2 is 2.28 bits per heavy atom. The van der Waals surface area contributed by atoms with E-state index >= 15 is 0 Å². The minimum Gasteiger partial charge on any atom is -0.311 e. The van der Waals surface area contributed by atoms with Gasteiger partial charge in [0.05, 0.1) is 0 Å². The van der Waals surface area contributed by atoms with Crippen LogP contribution in [-0.4, -0.2) is 30.1 Å². The van der Waals surface area contributed by atoms with Gasteiger partial charge < -0.3 is 5.32 Å². The lowest BCUT2D eigenvalue weighted by molar-refractivity contribution is 0.199. The maximum absolute atomic E-state index is 3.59. The van der Waals surface area contributed by atoms with Crippen molar-refractivity contribution in [3.8, 4) is 0 Å². The number of nitrogens with zero attached hydrogens (tertiary/aromatic N) is 1. The summed E-state index contributed by atoms with van der Waals surface area (Å²) in [5.41, 5.74) is 1.42. The van der Waals surface area contributed by atoms with Crippen LogP contribution < -0.4 is 5.32 Å². The molecule has 1 aliphatic rings. The van der Waals surface area contributed by atoms with Crippen molar-refractivity contribution in [2.75, 3.05) is 13.1 Å². The van der Waals surface area contributed by atoms with Gasteiger partial charge in [-0.05, 0) is 50.1 Å². The molecule has 1 saturated heterocycles.